The Labute approximate surface area is 97.3 Å². The molecule has 0 bridgehead atoms. The second-order valence-electron chi connectivity index (χ2n) is 4.87. The SMILES string of the molecule is Cc1ccc(C(O)CCCC(C)C)c(F)c1. The summed E-state index contributed by atoms with van der Waals surface area (Å²) in [5.41, 5.74) is 1.31. The van der Waals surface area contributed by atoms with Crippen molar-refractivity contribution < 1.29 is 9.50 Å². The van der Waals surface area contributed by atoms with Gasteiger partial charge < -0.3 is 5.11 Å². The van der Waals surface area contributed by atoms with E-state index in [2.05, 4.69) is 13.8 Å². The molecule has 1 nitrogen and oxygen atoms in total. The molecule has 0 saturated carbocycles. The molecule has 1 aromatic rings. The highest BCUT2D eigenvalue weighted by atomic mass is 19.1. The van der Waals surface area contributed by atoms with E-state index in [0.29, 0.717) is 17.9 Å². The Morgan fingerprint density at radius 1 is 1.25 bits per heavy atom. The van der Waals surface area contributed by atoms with Crippen LogP contribution in [-0.4, -0.2) is 5.11 Å². The number of aryl methyl sites for hydroxylation is 1. The summed E-state index contributed by atoms with van der Waals surface area (Å²) in [6.07, 6.45) is 1.98. The lowest BCUT2D eigenvalue weighted by atomic mass is 9.99. The van der Waals surface area contributed by atoms with E-state index in [1.165, 1.54) is 6.07 Å². The van der Waals surface area contributed by atoms with Crippen molar-refractivity contribution in [3.05, 3.63) is 35.1 Å². The number of rotatable bonds is 5. The molecule has 0 saturated heterocycles. The van der Waals surface area contributed by atoms with Crippen LogP contribution in [0.25, 0.3) is 0 Å². The Kier molecular flexibility index (Phi) is 4.94. The molecule has 0 aliphatic rings. The molecule has 90 valence electrons. The van der Waals surface area contributed by atoms with E-state index < -0.39 is 6.10 Å². The topological polar surface area (TPSA) is 20.2 Å². The first kappa shape index (κ1) is 13.2. The summed E-state index contributed by atoms with van der Waals surface area (Å²) in [4.78, 5) is 0. The van der Waals surface area contributed by atoms with Crippen molar-refractivity contribution in [1.82, 2.24) is 0 Å². The number of aliphatic hydroxyl groups is 1. The first-order valence-corrected chi connectivity index (χ1v) is 5.95. The third-order valence-corrected chi connectivity index (χ3v) is 2.77. The molecule has 1 N–H and O–H groups in total. The van der Waals surface area contributed by atoms with Crippen LogP contribution < -0.4 is 0 Å². The Hall–Kier alpha value is -0.890. The molecule has 0 fully saturated rings. The summed E-state index contributed by atoms with van der Waals surface area (Å²) in [6, 6.07) is 5.00. The molecule has 1 atom stereocenters. The lowest BCUT2D eigenvalue weighted by Crippen LogP contribution is -2.02. The van der Waals surface area contributed by atoms with Gasteiger partial charge in [-0.15, -0.1) is 0 Å². The third kappa shape index (κ3) is 3.93. The summed E-state index contributed by atoms with van der Waals surface area (Å²) < 4.78 is 13.5. The minimum absolute atomic E-state index is 0.294. The Morgan fingerprint density at radius 2 is 1.94 bits per heavy atom. The van der Waals surface area contributed by atoms with Gasteiger partial charge in [0.1, 0.15) is 5.82 Å². The highest BCUT2D eigenvalue weighted by Gasteiger charge is 2.12. The van der Waals surface area contributed by atoms with Gasteiger partial charge in [0.05, 0.1) is 6.10 Å². The lowest BCUT2D eigenvalue weighted by Gasteiger charge is -2.13. The fourth-order valence-corrected chi connectivity index (χ4v) is 1.78. The lowest BCUT2D eigenvalue weighted by molar-refractivity contribution is 0.157. The predicted molar refractivity (Wildman–Crippen MR) is 64.8 cm³/mol. The molecule has 2 heteroatoms. The molecule has 0 aliphatic carbocycles. The monoisotopic (exact) mass is 224 g/mol. The average molecular weight is 224 g/mol. The van der Waals surface area contributed by atoms with Crippen LogP contribution in [0.3, 0.4) is 0 Å². The van der Waals surface area contributed by atoms with E-state index in [-0.39, 0.29) is 5.82 Å². The van der Waals surface area contributed by atoms with Gasteiger partial charge in [0, 0.05) is 5.56 Å². The van der Waals surface area contributed by atoms with Crippen LogP contribution in [0.2, 0.25) is 0 Å². The van der Waals surface area contributed by atoms with E-state index in [0.717, 1.165) is 18.4 Å². The normalized spacial score (nSPS) is 13.1. The van der Waals surface area contributed by atoms with E-state index in [1.54, 1.807) is 6.07 Å². The van der Waals surface area contributed by atoms with Gasteiger partial charge in [-0.1, -0.05) is 38.8 Å². The summed E-state index contributed by atoms with van der Waals surface area (Å²) in [5.74, 6) is 0.340. The van der Waals surface area contributed by atoms with Crippen molar-refractivity contribution >= 4 is 0 Å². The van der Waals surface area contributed by atoms with Crippen LogP contribution in [0.5, 0.6) is 0 Å². The first-order chi connectivity index (χ1) is 7.50. The maximum absolute atomic E-state index is 13.5. The minimum Gasteiger partial charge on any atom is -0.388 e. The second kappa shape index (κ2) is 6.00. The zero-order chi connectivity index (χ0) is 12.1. The Morgan fingerprint density at radius 3 is 2.50 bits per heavy atom. The summed E-state index contributed by atoms with van der Waals surface area (Å²) in [7, 11) is 0. The van der Waals surface area contributed by atoms with Crippen LogP contribution >= 0.6 is 0 Å². The van der Waals surface area contributed by atoms with Gasteiger partial charge >= 0.3 is 0 Å². The van der Waals surface area contributed by atoms with Gasteiger partial charge in [-0.3, -0.25) is 0 Å². The van der Waals surface area contributed by atoms with E-state index in [4.69, 9.17) is 0 Å². The van der Waals surface area contributed by atoms with Crippen LogP contribution in [0.4, 0.5) is 4.39 Å². The molecular formula is C14H21FO. The molecule has 1 unspecified atom stereocenters. The quantitative estimate of drug-likeness (QED) is 0.801. The van der Waals surface area contributed by atoms with Crippen LogP contribution in [0, 0.1) is 18.7 Å². The molecule has 0 aliphatic heterocycles. The third-order valence-electron chi connectivity index (χ3n) is 2.77. The predicted octanol–water partition coefficient (Wildman–Crippen LogP) is 3.99. The standard InChI is InChI=1S/C14H21FO/c1-10(2)5-4-6-14(16)12-8-7-11(3)9-13(12)15/h7-10,14,16H,4-6H2,1-3H3. The number of hydrogen-bond donors (Lipinski definition) is 1. The maximum atomic E-state index is 13.5. The van der Waals surface area contributed by atoms with E-state index >= 15 is 0 Å². The number of halogens is 1. The van der Waals surface area contributed by atoms with Gasteiger partial charge in [-0.2, -0.15) is 0 Å². The zero-order valence-electron chi connectivity index (χ0n) is 10.3. The Bertz CT molecular complexity index is 334. The Balaban J connectivity index is 2.55. The van der Waals surface area contributed by atoms with Gasteiger partial charge in [-0.25, -0.2) is 4.39 Å². The molecule has 0 radical (unpaired) electrons. The van der Waals surface area contributed by atoms with Crippen LogP contribution in [0.1, 0.15) is 50.3 Å². The van der Waals surface area contributed by atoms with Crippen molar-refractivity contribution in [1.29, 1.82) is 0 Å². The molecule has 16 heavy (non-hydrogen) atoms. The average Bonchev–Trinajstić information content (AvgIpc) is 2.16. The molecule has 1 rings (SSSR count). The summed E-state index contributed by atoms with van der Waals surface area (Å²) in [6.45, 7) is 6.15. The van der Waals surface area contributed by atoms with Gasteiger partial charge in [0.2, 0.25) is 0 Å². The smallest absolute Gasteiger partial charge is 0.129 e. The summed E-state index contributed by atoms with van der Waals surface area (Å²) in [5, 5.41) is 9.87. The molecule has 1 aromatic carbocycles. The molecule has 0 heterocycles. The van der Waals surface area contributed by atoms with Gasteiger partial charge in [0.25, 0.3) is 0 Å². The highest BCUT2D eigenvalue weighted by Crippen LogP contribution is 2.23. The van der Waals surface area contributed by atoms with E-state index in [1.807, 2.05) is 13.0 Å². The summed E-state index contributed by atoms with van der Waals surface area (Å²) >= 11 is 0. The molecule has 0 aromatic heterocycles. The van der Waals surface area contributed by atoms with Crippen molar-refractivity contribution in [2.24, 2.45) is 5.92 Å². The van der Waals surface area contributed by atoms with Crippen molar-refractivity contribution in [2.45, 2.75) is 46.1 Å². The number of hydrogen-bond acceptors (Lipinski definition) is 1. The number of aliphatic hydroxyl groups excluding tert-OH is 1. The van der Waals surface area contributed by atoms with Crippen LogP contribution in [-0.2, 0) is 0 Å². The van der Waals surface area contributed by atoms with Crippen molar-refractivity contribution in [3.8, 4) is 0 Å². The van der Waals surface area contributed by atoms with E-state index in [9.17, 15) is 9.50 Å². The minimum atomic E-state index is -0.667. The second-order valence-corrected chi connectivity index (χ2v) is 4.87. The first-order valence-electron chi connectivity index (χ1n) is 5.95. The van der Waals surface area contributed by atoms with Crippen molar-refractivity contribution in [2.75, 3.05) is 0 Å². The number of benzene rings is 1. The molecule has 0 amide bonds. The maximum Gasteiger partial charge on any atom is 0.129 e. The zero-order valence-corrected chi connectivity index (χ0v) is 10.3. The largest absolute Gasteiger partial charge is 0.388 e. The van der Waals surface area contributed by atoms with Crippen LogP contribution in [0.15, 0.2) is 18.2 Å². The van der Waals surface area contributed by atoms with Crippen molar-refractivity contribution in [3.63, 3.8) is 0 Å². The molecule has 0 spiro atoms. The molecular weight excluding hydrogens is 203 g/mol. The fourth-order valence-electron chi connectivity index (χ4n) is 1.78. The van der Waals surface area contributed by atoms with Gasteiger partial charge in [0.15, 0.2) is 0 Å². The fraction of sp³-hybridized carbons (Fsp3) is 0.571. The van der Waals surface area contributed by atoms with Gasteiger partial charge in [-0.05, 0) is 30.9 Å². The highest BCUT2D eigenvalue weighted by molar-refractivity contribution is 5.25.